The van der Waals surface area contributed by atoms with E-state index in [-0.39, 0.29) is 0 Å². The van der Waals surface area contributed by atoms with Gasteiger partial charge in [0.25, 0.3) is 0 Å². The molecule has 0 amide bonds. The molecule has 0 aliphatic carbocycles. The van der Waals surface area contributed by atoms with Gasteiger partial charge in [0.15, 0.2) is 6.29 Å². The van der Waals surface area contributed by atoms with Crippen molar-refractivity contribution < 1.29 is 9.59 Å². The maximum Gasteiger partial charge on any atom is 0.242 e. The van der Waals surface area contributed by atoms with E-state index in [0.717, 1.165) is 37.0 Å². The van der Waals surface area contributed by atoms with Crippen molar-refractivity contribution >= 4 is 17.6 Å². The molecule has 20 heavy (non-hydrogen) atoms. The van der Waals surface area contributed by atoms with Crippen molar-refractivity contribution in [2.45, 2.75) is 18.8 Å². The molecule has 104 valence electrons. The van der Waals surface area contributed by atoms with Crippen molar-refractivity contribution in [1.82, 2.24) is 9.30 Å². The monoisotopic (exact) mass is 270 g/mol. The van der Waals surface area contributed by atoms with Crippen molar-refractivity contribution in [3.63, 3.8) is 0 Å². The van der Waals surface area contributed by atoms with Crippen LogP contribution in [0.25, 0.3) is 5.52 Å². The lowest BCUT2D eigenvalue weighted by atomic mass is 9.89. The lowest BCUT2D eigenvalue weighted by molar-refractivity contribution is -0.104. The summed E-state index contributed by atoms with van der Waals surface area (Å²) in [6.45, 7) is 2.07. The molecule has 0 saturated carbocycles. The van der Waals surface area contributed by atoms with Crippen LogP contribution in [0.3, 0.4) is 0 Å². The molecule has 0 N–H and O–H groups in total. The maximum atomic E-state index is 12.0. The van der Waals surface area contributed by atoms with E-state index in [9.17, 15) is 9.59 Å². The van der Waals surface area contributed by atoms with E-state index >= 15 is 0 Å². The molecule has 3 rings (SSSR count). The quantitative estimate of drug-likeness (QED) is 0.487. The molecule has 4 heteroatoms. The van der Waals surface area contributed by atoms with Crippen molar-refractivity contribution in [2.75, 3.05) is 20.1 Å². The molecular formula is C16H18N2O2. The summed E-state index contributed by atoms with van der Waals surface area (Å²) in [7, 11) is 2.12. The first-order valence-corrected chi connectivity index (χ1v) is 6.98. The third kappa shape index (κ3) is 2.16. The Morgan fingerprint density at radius 2 is 2.05 bits per heavy atom. The SMILES string of the molecule is CN1CCC(c2cc3ccccn3c2C(=O)C=O)CC1. The number of carbonyl (C=O) groups is 2. The van der Waals surface area contributed by atoms with Gasteiger partial charge in [0.2, 0.25) is 5.78 Å². The van der Waals surface area contributed by atoms with Gasteiger partial charge >= 0.3 is 0 Å². The minimum absolute atomic E-state index is 0.366. The molecule has 1 aliphatic heterocycles. The number of ketones is 1. The van der Waals surface area contributed by atoms with Crippen LogP contribution in [-0.2, 0) is 4.79 Å². The second-order valence-electron chi connectivity index (χ2n) is 5.50. The molecule has 0 aromatic carbocycles. The highest BCUT2D eigenvalue weighted by atomic mass is 16.2. The molecule has 0 spiro atoms. The molecule has 3 heterocycles. The van der Waals surface area contributed by atoms with Gasteiger partial charge in [-0.1, -0.05) is 6.07 Å². The number of Topliss-reactive ketones (excluding diaryl/α,β-unsaturated/α-hetero) is 1. The van der Waals surface area contributed by atoms with Crippen molar-refractivity contribution in [1.29, 1.82) is 0 Å². The standard InChI is InChI=1S/C16H18N2O2/c1-17-8-5-12(6-9-17)14-10-13-4-2-3-7-18(13)16(14)15(20)11-19/h2-4,7,10-12H,5-6,8-9H2,1H3. The molecule has 2 aromatic rings. The van der Waals surface area contributed by atoms with Gasteiger partial charge < -0.3 is 9.30 Å². The Hall–Kier alpha value is -1.94. The number of aromatic nitrogens is 1. The predicted molar refractivity (Wildman–Crippen MR) is 77.3 cm³/mol. The van der Waals surface area contributed by atoms with Crippen LogP contribution in [-0.4, -0.2) is 41.5 Å². The molecule has 1 aliphatic rings. The summed E-state index contributed by atoms with van der Waals surface area (Å²) in [6, 6.07) is 7.86. The van der Waals surface area contributed by atoms with E-state index in [1.54, 1.807) is 0 Å². The number of aldehydes is 1. The van der Waals surface area contributed by atoms with E-state index < -0.39 is 5.78 Å². The largest absolute Gasteiger partial charge is 0.313 e. The van der Waals surface area contributed by atoms with Crippen molar-refractivity contribution in [2.24, 2.45) is 0 Å². The van der Waals surface area contributed by atoms with Gasteiger partial charge in [0.1, 0.15) is 5.69 Å². The highest BCUT2D eigenvalue weighted by molar-refractivity contribution is 6.33. The van der Waals surface area contributed by atoms with E-state index in [2.05, 4.69) is 18.0 Å². The maximum absolute atomic E-state index is 12.0. The first-order valence-electron chi connectivity index (χ1n) is 6.98. The highest BCUT2D eigenvalue weighted by Crippen LogP contribution is 2.32. The fraction of sp³-hybridized carbons (Fsp3) is 0.375. The lowest BCUT2D eigenvalue weighted by Gasteiger charge is -2.29. The van der Waals surface area contributed by atoms with Gasteiger partial charge in [-0.15, -0.1) is 0 Å². The number of hydrogen-bond acceptors (Lipinski definition) is 3. The smallest absolute Gasteiger partial charge is 0.242 e. The first-order chi connectivity index (χ1) is 9.70. The number of pyridine rings is 1. The number of carbonyl (C=O) groups excluding carboxylic acids is 2. The summed E-state index contributed by atoms with van der Waals surface area (Å²) in [4.78, 5) is 25.3. The van der Waals surface area contributed by atoms with Crippen LogP contribution in [0.2, 0.25) is 0 Å². The van der Waals surface area contributed by atoms with Crippen molar-refractivity contribution in [3.8, 4) is 0 Å². The highest BCUT2D eigenvalue weighted by Gasteiger charge is 2.25. The Labute approximate surface area is 118 Å². The van der Waals surface area contributed by atoms with Crippen LogP contribution in [0.5, 0.6) is 0 Å². The zero-order chi connectivity index (χ0) is 14.1. The van der Waals surface area contributed by atoms with E-state index in [0.29, 0.717) is 17.9 Å². The molecule has 0 bridgehead atoms. The Morgan fingerprint density at radius 3 is 2.75 bits per heavy atom. The third-order valence-electron chi connectivity index (χ3n) is 4.21. The Kier molecular flexibility index (Phi) is 3.40. The van der Waals surface area contributed by atoms with Gasteiger partial charge in [0.05, 0.1) is 0 Å². The Bertz CT molecular complexity index is 652. The molecular weight excluding hydrogens is 252 g/mol. The summed E-state index contributed by atoms with van der Waals surface area (Å²) in [5, 5.41) is 0. The van der Waals surface area contributed by atoms with E-state index in [4.69, 9.17) is 0 Å². The second-order valence-corrected chi connectivity index (χ2v) is 5.50. The fourth-order valence-corrected chi connectivity index (χ4v) is 3.09. The minimum atomic E-state index is -0.426. The van der Waals surface area contributed by atoms with E-state index in [1.165, 1.54) is 0 Å². The average molecular weight is 270 g/mol. The van der Waals surface area contributed by atoms with Crippen LogP contribution < -0.4 is 0 Å². The van der Waals surface area contributed by atoms with Crippen LogP contribution >= 0.6 is 0 Å². The van der Waals surface area contributed by atoms with Gasteiger partial charge in [-0.2, -0.15) is 0 Å². The van der Waals surface area contributed by atoms with Crippen molar-refractivity contribution in [3.05, 3.63) is 41.7 Å². The molecule has 2 aromatic heterocycles. The molecule has 4 nitrogen and oxygen atoms in total. The van der Waals surface area contributed by atoms with Gasteiger partial charge in [0, 0.05) is 11.7 Å². The summed E-state index contributed by atoms with van der Waals surface area (Å²) in [6.07, 6.45) is 4.34. The number of hydrogen-bond donors (Lipinski definition) is 0. The minimum Gasteiger partial charge on any atom is -0.313 e. The molecule has 0 unspecified atom stereocenters. The predicted octanol–water partition coefficient (Wildman–Crippen LogP) is 2.13. The van der Waals surface area contributed by atoms with Gasteiger partial charge in [-0.25, -0.2) is 0 Å². The van der Waals surface area contributed by atoms with Gasteiger partial charge in [-0.3, -0.25) is 9.59 Å². The summed E-state index contributed by atoms with van der Waals surface area (Å²) in [5.74, 6) is -0.0601. The summed E-state index contributed by atoms with van der Waals surface area (Å²) < 4.78 is 1.84. The lowest BCUT2D eigenvalue weighted by Crippen LogP contribution is -2.29. The van der Waals surface area contributed by atoms with Crippen LogP contribution in [0, 0.1) is 0 Å². The van der Waals surface area contributed by atoms with E-state index in [1.807, 2.05) is 28.8 Å². The topological polar surface area (TPSA) is 41.8 Å². The number of fused-ring (bicyclic) bond motifs is 1. The van der Waals surface area contributed by atoms with Gasteiger partial charge in [-0.05, 0) is 62.7 Å². The number of rotatable bonds is 3. The molecule has 1 saturated heterocycles. The molecule has 0 radical (unpaired) electrons. The summed E-state index contributed by atoms with van der Waals surface area (Å²) >= 11 is 0. The average Bonchev–Trinajstić information content (AvgIpc) is 2.86. The third-order valence-corrected chi connectivity index (χ3v) is 4.21. The fourth-order valence-electron chi connectivity index (χ4n) is 3.09. The normalized spacial score (nSPS) is 17.4. The second kappa shape index (κ2) is 5.21. The zero-order valence-electron chi connectivity index (χ0n) is 11.6. The van der Waals surface area contributed by atoms with Crippen LogP contribution in [0.4, 0.5) is 0 Å². The first kappa shape index (κ1) is 13.1. The number of nitrogens with zero attached hydrogens (tertiary/aromatic N) is 2. The summed E-state index contributed by atoms with van der Waals surface area (Å²) in [5.41, 5.74) is 2.55. The molecule has 1 fully saturated rings. The Balaban J connectivity index is 2.09. The van der Waals surface area contributed by atoms with Crippen LogP contribution in [0.15, 0.2) is 30.5 Å². The Morgan fingerprint density at radius 1 is 1.30 bits per heavy atom. The number of likely N-dealkylation sites (tertiary alicyclic amines) is 1. The van der Waals surface area contributed by atoms with Crippen LogP contribution in [0.1, 0.15) is 34.8 Å². The molecule has 0 atom stereocenters. The number of piperidine rings is 1. The zero-order valence-corrected chi connectivity index (χ0v) is 11.6.